The van der Waals surface area contributed by atoms with E-state index >= 15 is 0 Å². The number of aryl methyl sites for hydroxylation is 2. The average Bonchev–Trinajstić information content (AvgIpc) is 3.35. The second-order valence-electron chi connectivity index (χ2n) is 9.87. The Morgan fingerprint density at radius 3 is 2.51 bits per heavy atom. The molecule has 1 heterocycles. The molecule has 7 nitrogen and oxygen atoms in total. The van der Waals surface area contributed by atoms with E-state index in [1.165, 1.54) is 6.92 Å². The van der Waals surface area contributed by atoms with Crippen molar-refractivity contribution in [3.8, 4) is 33.2 Å². The molecule has 0 aliphatic carbocycles. The van der Waals surface area contributed by atoms with Crippen molar-refractivity contribution in [2.75, 3.05) is 6.61 Å². The summed E-state index contributed by atoms with van der Waals surface area (Å²) < 4.78 is 80.1. The Balaban J connectivity index is 1.85. The molecular formula is C31H30F3NO6S2. The minimum atomic E-state index is -6.04. The van der Waals surface area contributed by atoms with Gasteiger partial charge in [-0.2, -0.15) is 21.6 Å². The summed E-state index contributed by atoms with van der Waals surface area (Å²) in [5.74, 6) is -0.658. The van der Waals surface area contributed by atoms with Crippen molar-refractivity contribution in [2.45, 2.75) is 52.1 Å². The first kappa shape index (κ1) is 32.0. The number of hydrogen-bond acceptors (Lipinski definition) is 8. The fourth-order valence-corrected chi connectivity index (χ4v) is 6.04. The Morgan fingerprint density at radius 1 is 1.12 bits per heavy atom. The van der Waals surface area contributed by atoms with Crippen molar-refractivity contribution in [2.24, 2.45) is 0 Å². The Kier molecular flexibility index (Phi) is 9.50. The fourth-order valence-electron chi connectivity index (χ4n) is 4.44. The molecule has 4 aromatic rings. The van der Waals surface area contributed by atoms with Crippen LogP contribution in [0.4, 0.5) is 13.2 Å². The molecule has 0 aliphatic heterocycles. The summed E-state index contributed by atoms with van der Waals surface area (Å²) in [6.45, 7) is 10.8. The van der Waals surface area contributed by atoms with E-state index in [9.17, 15) is 26.4 Å². The normalized spacial score (nSPS) is 12.6. The van der Waals surface area contributed by atoms with Gasteiger partial charge in [-0.3, -0.25) is 4.79 Å². The maximum atomic E-state index is 13.4. The van der Waals surface area contributed by atoms with E-state index in [1.54, 1.807) is 25.1 Å². The summed E-state index contributed by atoms with van der Waals surface area (Å²) in [5.41, 5.74) is -1.85. The maximum absolute atomic E-state index is 13.4. The lowest BCUT2D eigenvalue weighted by Gasteiger charge is -2.17. The zero-order chi connectivity index (χ0) is 31.5. The van der Waals surface area contributed by atoms with E-state index in [2.05, 4.69) is 15.7 Å². The molecule has 0 fully saturated rings. The molecule has 0 saturated heterocycles. The highest BCUT2D eigenvalue weighted by atomic mass is 32.2. The lowest BCUT2D eigenvalue weighted by molar-refractivity contribution is -0.142. The first-order valence-corrected chi connectivity index (χ1v) is 15.5. The summed E-state index contributed by atoms with van der Waals surface area (Å²) in [7, 11) is -6.04. The highest BCUT2D eigenvalue weighted by molar-refractivity contribution is 7.88. The van der Waals surface area contributed by atoms with Gasteiger partial charge < -0.3 is 13.7 Å². The van der Waals surface area contributed by atoms with Crippen molar-refractivity contribution in [1.82, 2.24) is 4.98 Å². The Bertz CT molecular complexity index is 1780. The van der Waals surface area contributed by atoms with Crippen LogP contribution in [0.5, 0.6) is 11.5 Å². The first-order valence-electron chi connectivity index (χ1n) is 13.3. The number of aromatic nitrogens is 1. The lowest BCUT2D eigenvalue weighted by atomic mass is 10.00. The van der Waals surface area contributed by atoms with Crippen LogP contribution in [0, 0.1) is 13.8 Å². The molecule has 0 N–H and O–H groups in total. The molecule has 0 spiro atoms. The molecular weight excluding hydrogens is 603 g/mol. The van der Waals surface area contributed by atoms with Crippen molar-refractivity contribution in [3.63, 3.8) is 0 Å². The van der Waals surface area contributed by atoms with Gasteiger partial charge in [0.05, 0.1) is 29.3 Å². The zero-order valence-electron chi connectivity index (χ0n) is 23.9. The van der Waals surface area contributed by atoms with Crippen molar-refractivity contribution in [3.05, 3.63) is 77.9 Å². The number of thiazole rings is 1. The number of nitrogens with zero attached hydrogens (tertiary/aromatic N) is 1. The second-order valence-corrected chi connectivity index (χ2v) is 12.4. The highest BCUT2D eigenvalue weighted by Crippen LogP contribution is 2.43. The van der Waals surface area contributed by atoms with Crippen LogP contribution in [0.15, 0.2) is 61.2 Å². The van der Waals surface area contributed by atoms with Crippen molar-refractivity contribution < 1.29 is 40.0 Å². The SMILES string of the molecule is C=CC[C@H](C)Oc1ccc(C)cc1-c1cccc(-c2nc3cc(C)c(CC(=O)OCC)c(OS(=O)(=O)C(F)(F)F)c3s2)c1. The zero-order valence-corrected chi connectivity index (χ0v) is 25.6. The number of halogens is 3. The van der Waals surface area contributed by atoms with Gasteiger partial charge in [0.15, 0.2) is 5.75 Å². The molecule has 0 saturated carbocycles. The number of rotatable bonds is 11. The number of ether oxygens (including phenoxy) is 2. The Labute approximate surface area is 252 Å². The summed E-state index contributed by atoms with van der Waals surface area (Å²) in [5, 5.41) is 0.411. The van der Waals surface area contributed by atoms with Gasteiger partial charge in [0.2, 0.25) is 0 Å². The largest absolute Gasteiger partial charge is 0.534 e. The predicted molar refractivity (Wildman–Crippen MR) is 161 cm³/mol. The summed E-state index contributed by atoms with van der Waals surface area (Å²) in [6.07, 6.45) is 1.85. The van der Waals surface area contributed by atoms with Gasteiger partial charge in [0.25, 0.3) is 0 Å². The smallest absolute Gasteiger partial charge is 0.490 e. The fraction of sp³-hybridized carbons (Fsp3) is 0.290. The molecule has 1 aromatic heterocycles. The summed E-state index contributed by atoms with van der Waals surface area (Å²) in [6, 6.07) is 14.8. The molecule has 0 unspecified atom stereocenters. The standard InChI is InChI=1S/C31H30F3NO6S2/c1-6-9-20(5)40-26-13-12-18(3)14-24(26)21-10-8-11-22(16-21)30-35-25-15-19(4)23(17-27(36)39-7-2)28(29(25)42-30)41-43(37,38)31(32,33)34/h6,8,10-16,20H,1,7,9,17H2,2-5H3/t20-/m0/s1. The highest BCUT2D eigenvalue weighted by Gasteiger charge is 2.49. The third kappa shape index (κ3) is 7.19. The minimum absolute atomic E-state index is 0.0297. The van der Waals surface area contributed by atoms with Crippen molar-refractivity contribution >= 4 is 37.6 Å². The van der Waals surface area contributed by atoms with Gasteiger partial charge in [0.1, 0.15) is 10.8 Å². The van der Waals surface area contributed by atoms with E-state index in [0.717, 1.165) is 28.0 Å². The van der Waals surface area contributed by atoms with Crippen molar-refractivity contribution in [1.29, 1.82) is 0 Å². The van der Waals surface area contributed by atoms with E-state index in [-0.39, 0.29) is 28.5 Å². The summed E-state index contributed by atoms with van der Waals surface area (Å²) >= 11 is 0.958. The van der Waals surface area contributed by atoms with E-state index in [4.69, 9.17) is 9.47 Å². The number of hydrogen-bond donors (Lipinski definition) is 0. The molecule has 0 radical (unpaired) electrons. The molecule has 1 atom stereocenters. The maximum Gasteiger partial charge on any atom is 0.534 e. The minimum Gasteiger partial charge on any atom is -0.490 e. The van der Waals surface area contributed by atoms with Gasteiger partial charge in [-0.1, -0.05) is 35.9 Å². The van der Waals surface area contributed by atoms with Gasteiger partial charge in [-0.25, -0.2) is 4.98 Å². The lowest BCUT2D eigenvalue weighted by Crippen LogP contribution is -2.28. The van der Waals surface area contributed by atoms with Gasteiger partial charge >= 0.3 is 21.6 Å². The molecule has 3 aromatic carbocycles. The molecule has 0 amide bonds. The third-order valence-corrected chi connectivity index (χ3v) is 8.52. The topological polar surface area (TPSA) is 91.8 Å². The van der Waals surface area contributed by atoms with Crippen LogP contribution < -0.4 is 8.92 Å². The van der Waals surface area contributed by atoms with Gasteiger partial charge in [-0.15, -0.1) is 17.9 Å². The molecule has 228 valence electrons. The molecule has 4 rings (SSSR count). The van der Waals surface area contributed by atoms with Crippen LogP contribution in [0.1, 0.15) is 37.0 Å². The molecule has 0 bridgehead atoms. The Morgan fingerprint density at radius 2 is 1.84 bits per heavy atom. The molecule has 12 heteroatoms. The van der Waals surface area contributed by atoms with Crippen LogP contribution in [0.25, 0.3) is 31.9 Å². The average molecular weight is 634 g/mol. The van der Waals surface area contributed by atoms with E-state index < -0.39 is 33.8 Å². The molecule has 0 aliphatic rings. The first-order chi connectivity index (χ1) is 20.2. The van der Waals surface area contributed by atoms with Crippen LogP contribution in [0.3, 0.4) is 0 Å². The number of fused-ring (bicyclic) bond motifs is 1. The van der Waals surface area contributed by atoms with Crippen LogP contribution >= 0.6 is 11.3 Å². The van der Waals surface area contributed by atoms with Gasteiger partial charge in [0, 0.05) is 23.1 Å². The summed E-state index contributed by atoms with van der Waals surface area (Å²) in [4.78, 5) is 16.9. The van der Waals surface area contributed by atoms with Crippen LogP contribution in [-0.2, 0) is 26.1 Å². The Hall–Kier alpha value is -3.90. The molecule has 43 heavy (non-hydrogen) atoms. The predicted octanol–water partition coefficient (Wildman–Crippen LogP) is 7.92. The quantitative estimate of drug-likeness (QED) is 0.0717. The van der Waals surface area contributed by atoms with Gasteiger partial charge in [-0.05, 0) is 63.1 Å². The number of alkyl halides is 3. The monoisotopic (exact) mass is 633 g/mol. The van der Waals surface area contributed by atoms with E-state index in [0.29, 0.717) is 28.3 Å². The second kappa shape index (κ2) is 12.8. The number of carbonyl (C=O) groups is 1. The van der Waals surface area contributed by atoms with Crippen LogP contribution in [-0.4, -0.2) is 37.6 Å². The van der Waals surface area contributed by atoms with Crippen LogP contribution in [0.2, 0.25) is 0 Å². The number of carbonyl (C=O) groups excluding carboxylic acids is 1. The number of esters is 1. The van der Waals surface area contributed by atoms with E-state index in [1.807, 2.05) is 50.2 Å². The third-order valence-electron chi connectivity index (χ3n) is 6.45. The number of benzene rings is 3.